The fourth-order valence-electron chi connectivity index (χ4n) is 7.80. The lowest BCUT2D eigenvalue weighted by atomic mass is 9.78. The number of fused-ring (bicyclic) bond motifs is 3. The molecule has 0 saturated carbocycles. The van der Waals surface area contributed by atoms with E-state index in [0.29, 0.717) is 33.8 Å². The fraction of sp³-hybridized carbons (Fsp3) is 0.151. The number of furan rings is 1. The zero-order chi connectivity index (χ0) is 40.9. The van der Waals surface area contributed by atoms with Crippen molar-refractivity contribution in [3.8, 4) is 50.6 Å². The van der Waals surface area contributed by atoms with Crippen LogP contribution in [0.1, 0.15) is 52.7 Å². The highest BCUT2D eigenvalue weighted by molar-refractivity contribution is 6.07. The Bertz CT molecular complexity index is 2960. The lowest BCUT2D eigenvalue weighted by molar-refractivity contribution is 0.446. The molecule has 0 atom stereocenters. The third-order valence-corrected chi connectivity index (χ3v) is 10.9. The molecule has 0 bridgehead atoms. The van der Waals surface area contributed by atoms with Gasteiger partial charge in [0.1, 0.15) is 28.4 Å². The van der Waals surface area contributed by atoms with Crippen molar-refractivity contribution in [2.75, 3.05) is 4.90 Å². The first kappa shape index (κ1) is 37.5. The Morgan fingerprint density at radius 1 is 0.559 bits per heavy atom. The average molecular weight is 771 g/mol. The van der Waals surface area contributed by atoms with Crippen LogP contribution in [0, 0.1) is 0 Å². The van der Waals surface area contributed by atoms with Crippen LogP contribution in [0.25, 0.3) is 67.0 Å². The molecular formula is C53H46N4O2. The first-order valence-corrected chi connectivity index (χ1v) is 20.1. The van der Waals surface area contributed by atoms with Gasteiger partial charge in [-0.15, -0.1) is 0 Å². The molecule has 290 valence electrons. The highest BCUT2D eigenvalue weighted by Crippen LogP contribution is 2.46. The third kappa shape index (κ3) is 7.12. The second-order valence-electron chi connectivity index (χ2n) is 17.1. The minimum Gasteiger partial charge on any atom is -0.507 e. The number of para-hydroxylation sites is 2. The minimum atomic E-state index is -0.340. The Hall–Kier alpha value is -7.05. The van der Waals surface area contributed by atoms with E-state index in [1.54, 1.807) is 0 Å². The van der Waals surface area contributed by atoms with Gasteiger partial charge in [-0.25, -0.2) is 15.0 Å². The van der Waals surface area contributed by atoms with E-state index in [2.05, 4.69) is 150 Å². The van der Waals surface area contributed by atoms with Gasteiger partial charge in [0.15, 0.2) is 11.4 Å². The van der Waals surface area contributed by atoms with Crippen molar-refractivity contribution in [1.82, 2.24) is 15.0 Å². The highest BCUT2D eigenvalue weighted by Gasteiger charge is 2.29. The normalized spacial score (nSPS) is 12.0. The van der Waals surface area contributed by atoms with Gasteiger partial charge >= 0.3 is 0 Å². The van der Waals surface area contributed by atoms with Gasteiger partial charge in [0.05, 0.1) is 5.69 Å². The Balaban J connectivity index is 1.36. The van der Waals surface area contributed by atoms with E-state index in [1.165, 1.54) is 0 Å². The lowest BCUT2D eigenvalue weighted by Crippen LogP contribution is -2.17. The molecule has 59 heavy (non-hydrogen) atoms. The molecule has 0 fully saturated rings. The van der Waals surface area contributed by atoms with Crippen molar-refractivity contribution in [1.29, 1.82) is 0 Å². The minimum absolute atomic E-state index is 0.189. The van der Waals surface area contributed by atoms with Crippen LogP contribution in [0.4, 0.5) is 17.2 Å². The van der Waals surface area contributed by atoms with Crippen molar-refractivity contribution in [2.45, 2.75) is 52.4 Å². The van der Waals surface area contributed by atoms with E-state index in [0.717, 1.165) is 61.5 Å². The number of aromatic nitrogens is 3. The van der Waals surface area contributed by atoms with Gasteiger partial charge in [-0.3, -0.25) is 4.90 Å². The zero-order valence-electron chi connectivity index (χ0n) is 34.2. The van der Waals surface area contributed by atoms with Crippen LogP contribution < -0.4 is 4.90 Å². The van der Waals surface area contributed by atoms with E-state index < -0.39 is 0 Å². The van der Waals surface area contributed by atoms with E-state index in [-0.39, 0.29) is 16.6 Å². The number of phenols is 1. The smallest absolute Gasteiger partial charge is 0.180 e. The number of anilines is 3. The molecule has 9 rings (SSSR count). The Morgan fingerprint density at radius 3 is 1.93 bits per heavy atom. The Kier molecular flexibility index (Phi) is 9.36. The quantitative estimate of drug-likeness (QED) is 0.174. The van der Waals surface area contributed by atoms with Gasteiger partial charge in [0.2, 0.25) is 0 Å². The Morgan fingerprint density at radius 2 is 1.22 bits per heavy atom. The number of hydrogen-bond acceptors (Lipinski definition) is 6. The summed E-state index contributed by atoms with van der Waals surface area (Å²) in [4.78, 5) is 17.8. The second kappa shape index (κ2) is 14.7. The first-order chi connectivity index (χ1) is 28.4. The van der Waals surface area contributed by atoms with Gasteiger partial charge in [-0.05, 0) is 87.7 Å². The van der Waals surface area contributed by atoms with Gasteiger partial charge in [-0.2, -0.15) is 0 Å². The highest BCUT2D eigenvalue weighted by atomic mass is 16.3. The number of pyridine rings is 1. The number of rotatable bonds is 7. The van der Waals surface area contributed by atoms with Crippen LogP contribution in [0.15, 0.2) is 168 Å². The maximum absolute atomic E-state index is 12.2. The molecule has 6 heteroatoms. The van der Waals surface area contributed by atoms with Crippen LogP contribution in [-0.2, 0) is 10.8 Å². The second-order valence-corrected chi connectivity index (χ2v) is 17.1. The number of aromatic hydroxyl groups is 1. The number of nitrogens with zero attached hydrogens (tertiary/aromatic N) is 4. The van der Waals surface area contributed by atoms with Gasteiger partial charge in [0, 0.05) is 39.5 Å². The van der Waals surface area contributed by atoms with Crippen LogP contribution in [0.2, 0.25) is 0 Å². The molecule has 0 unspecified atom stereocenters. The van der Waals surface area contributed by atoms with Gasteiger partial charge < -0.3 is 9.52 Å². The molecule has 9 aromatic rings. The van der Waals surface area contributed by atoms with Crippen LogP contribution >= 0.6 is 0 Å². The number of phenolic OH excluding ortho intramolecular Hbond substituents is 1. The molecule has 6 nitrogen and oxygen atoms in total. The van der Waals surface area contributed by atoms with E-state index in [9.17, 15) is 5.11 Å². The molecule has 1 N–H and O–H groups in total. The largest absolute Gasteiger partial charge is 0.507 e. The summed E-state index contributed by atoms with van der Waals surface area (Å²) in [6, 6.07) is 53.9. The maximum atomic E-state index is 12.2. The molecule has 3 aromatic heterocycles. The average Bonchev–Trinajstić information content (AvgIpc) is 3.63. The summed E-state index contributed by atoms with van der Waals surface area (Å²) in [6.45, 7) is 13.0. The van der Waals surface area contributed by atoms with Crippen molar-refractivity contribution in [3.05, 3.63) is 175 Å². The van der Waals surface area contributed by atoms with Crippen molar-refractivity contribution in [2.24, 2.45) is 0 Å². The predicted octanol–water partition coefficient (Wildman–Crippen LogP) is 14.2. The molecule has 3 heterocycles. The Labute approximate surface area is 345 Å². The molecular weight excluding hydrogens is 725 g/mol. The van der Waals surface area contributed by atoms with E-state index >= 15 is 0 Å². The van der Waals surface area contributed by atoms with Crippen molar-refractivity contribution in [3.63, 3.8) is 0 Å². The predicted molar refractivity (Wildman–Crippen MR) is 243 cm³/mol. The standard InChI is InChI=1S/C53H46N4O2/c1-52(2,3)38-32-42(49(58)43(33-38)53(4,5)6)48-50-47(41-24-14-16-26-45(41)59-50)55-51(56-48)37-29-36(34-19-9-7-10-20-34)30-39(31-37)57(46-27-17-18-28-54-46)44-25-15-13-23-40(44)35-21-11-8-12-22-35/h7-33,58H,1-6H3. The van der Waals surface area contributed by atoms with E-state index in [4.69, 9.17) is 19.4 Å². The molecule has 0 aliphatic rings. The summed E-state index contributed by atoms with van der Waals surface area (Å²) in [5.41, 5.74) is 11.3. The summed E-state index contributed by atoms with van der Waals surface area (Å²) in [5.74, 6) is 1.46. The first-order valence-electron chi connectivity index (χ1n) is 20.1. The molecule has 0 spiro atoms. The molecule has 0 amide bonds. The molecule has 0 saturated heterocycles. The van der Waals surface area contributed by atoms with Gasteiger partial charge in [0.25, 0.3) is 0 Å². The zero-order valence-corrected chi connectivity index (χ0v) is 34.2. The van der Waals surface area contributed by atoms with Crippen LogP contribution in [0.5, 0.6) is 5.75 Å². The maximum Gasteiger partial charge on any atom is 0.180 e. The van der Waals surface area contributed by atoms with Gasteiger partial charge in [-0.1, -0.05) is 145 Å². The molecule has 0 aliphatic carbocycles. The van der Waals surface area contributed by atoms with E-state index in [1.807, 2.05) is 60.8 Å². The topological polar surface area (TPSA) is 75.3 Å². The molecule has 0 aliphatic heterocycles. The molecule has 6 aromatic carbocycles. The van der Waals surface area contributed by atoms with Crippen LogP contribution in [-0.4, -0.2) is 20.1 Å². The summed E-state index contributed by atoms with van der Waals surface area (Å²) >= 11 is 0. The fourth-order valence-corrected chi connectivity index (χ4v) is 7.80. The lowest BCUT2D eigenvalue weighted by Gasteiger charge is -2.28. The van der Waals surface area contributed by atoms with Crippen molar-refractivity contribution < 1.29 is 9.52 Å². The van der Waals surface area contributed by atoms with Crippen LogP contribution in [0.3, 0.4) is 0 Å². The molecule has 0 radical (unpaired) electrons. The number of hydrogen-bond donors (Lipinski definition) is 1. The number of benzene rings is 6. The SMILES string of the molecule is CC(C)(C)c1cc(-c2nc(-c3cc(-c4ccccc4)cc(N(c4ccccn4)c4ccccc4-c4ccccc4)c3)nc3c2oc2ccccc23)c(O)c(C(C)(C)C)c1. The summed E-state index contributed by atoms with van der Waals surface area (Å²) in [7, 11) is 0. The monoisotopic (exact) mass is 770 g/mol. The summed E-state index contributed by atoms with van der Waals surface area (Å²) in [5, 5.41) is 13.1. The summed E-state index contributed by atoms with van der Waals surface area (Å²) < 4.78 is 6.61. The summed E-state index contributed by atoms with van der Waals surface area (Å²) in [6.07, 6.45) is 1.83. The third-order valence-electron chi connectivity index (χ3n) is 10.9. The van der Waals surface area contributed by atoms with Crippen molar-refractivity contribution >= 4 is 39.3 Å².